The second-order valence-electron chi connectivity index (χ2n) is 7.35. The molecule has 0 unspecified atom stereocenters. The lowest BCUT2D eigenvalue weighted by Crippen LogP contribution is -2.38. The van der Waals surface area contributed by atoms with Gasteiger partial charge in [-0.1, -0.05) is 43.2 Å². The Bertz CT molecular complexity index is 981. The summed E-state index contributed by atoms with van der Waals surface area (Å²) in [5.41, 5.74) is 1.15. The van der Waals surface area contributed by atoms with Crippen molar-refractivity contribution in [2.75, 3.05) is 11.9 Å². The molecule has 0 aliphatic heterocycles. The molecule has 1 aliphatic carbocycles. The van der Waals surface area contributed by atoms with Crippen LogP contribution in [0.25, 0.3) is 0 Å². The first-order chi connectivity index (χ1) is 13.8. The van der Waals surface area contributed by atoms with E-state index in [1.54, 1.807) is 36.4 Å². The van der Waals surface area contributed by atoms with Crippen LogP contribution in [-0.4, -0.2) is 20.9 Å². The fraction of sp³-hybridized carbons (Fsp3) is 0.318. The zero-order valence-electron chi connectivity index (χ0n) is 16.2. The molecule has 0 bridgehead atoms. The molecule has 2 N–H and O–H groups in total. The lowest BCUT2D eigenvalue weighted by molar-refractivity contribution is -0.121. The fourth-order valence-electron chi connectivity index (χ4n) is 3.80. The fourth-order valence-corrected chi connectivity index (χ4v) is 4.91. The lowest BCUT2D eigenvalue weighted by atomic mass is 9.78. The Hall–Kier alpha value is -2.51. The molecule has 1 fully saturated rings. The van der Waals surface area contributed by atoms with Crippen LogP contribution in [0.1, 0.15) is 36.8 Å². The van der Waals surface area contributed by atoms with Gasteiger partial charge in [0.15, 0.2) is 0 Å². The maximum absolute atomic E-state index is 13.7. The molecule has 0 atom stereocenters. The number of anilines is 1. The summed E-state index contributed by atoms with van der Waals surface area (Å²) in [5.74, 6) is -0.659. The number of rotatable bonds is 8. The van der Waals surface area contributed by atoms with Crippen molar-refractivity contribution in [3.8, 4) is 0 Å². The van der Waals surface area contributed by atoms with E-state index in [-0.39, 0.29) is 24.0 Å². The Morgan fingerprint density at radius 3 is 2.45 bits per heavy atom. The van der Waals surface area contributed by atoms with Gasteiger partial charge in [0, 0.05) is 12.2 Å². The first-order valence-corrected chi connectivity index (χ1v) is 11.2. The molecular formula is C22H25FN2O3S. The van der Waals surface area contributed by atoms with Crippen molar-refractivity contribution in [3.63, 3.8) is 0 Å². The third-order valence-electron chi connectivity index (χ3n) is 5.29. The first-order valence-electron chi connectivity index (χ1n) is 9.59. The van der Waals surface area contributed by atoms with Crippen molar-refractivity contribution in [2.45, 2.75) is 36.9 Å². The number of benzene rings is 2. The molecule has 2 aromatic rings. The zero-order chi connectivity index (χ0) is 20.9. The highest BCUT2D eigenvalue weighted by Crippen LogP contribution is 2.42. The van der Waals surface area contributed by atoms with Gasteiger partial charge in [-0.05, 0) is 48.2 Å². The van der Waals surface area contributed by atoms with E-state index in [2.05, 4.69) is 16.6 Å². The summed E-state index contributed by atoms with van der Waals surface area (Å²) in [5, 5.41) is 2.93. The zero-order valence-corrected chi connectivity index (χ0v) is 17.0. The highest BCUT2D eigenvalue weighted by Gasteiger charge is 2.42. The SMILES string of the molecule is C=CCNS(=O)(=O)Cc1ccc(NC(=O)C2(c3cccc(F)c3)CCCC2)cc1. The number of hydrogen-bond donors (Lipinski definition) is 2. The normalized spacial score (nSPS) is 15.8. The van der Waals surface area contributed by atoms with Gasteiger partial charge in [0.05, 0.1) is 11.2 Å². The highest BCUT2D eigenvalue weighted by molar-refractivity contribution is 7.88. The third-order valence-corrected chi connectivity index (χ3v) is 6.60. The summed E-state index contributed by atoms with van der Waals surface area (Å²) in [6.07, 6.45) is 4.66. The van der Waals surface area contributed by atoms with Gasteiger partial charge < -0.3 is 5.32 Å². The van der Waals surface area contributed by atoms with Gasteiger partial charge in [-0.15, -0.1) is 6.58 Å². The number of carbonyl (C=O) groups is 1. The Morgan fingerprint density at radius 1 is 1.14 bits per heavy atom. The predicted octanol–water partition coefficient (Wildman–Crippen LogP) is 3.88. The molecule has 2 aromatic carbocycles. The molecule has 1 aliphatic rings. The molecule has 0 radical (unpaired) electrons. The molecule has 5 nitrogen and oxygen atoms in total. The van der Waals surface area contributed by atoms with E-state index >= 15 is 0 Å². The van der Waals surface area contributed by atoms with Crippen LogP contribution in [-0.2, 0) is 26.0 Å². The van der Waals surface area contributed by atoms with Crippen LogP contribution in [0.15, 0.2) is 61.2 Å². The molecule has 0 saturated heterocycles. The molecule has 0 spiro atoms. The quantitative estimate of drug-likeness (QED) is 0.641. The van der Waals surface area contributed by atoms with E-state index in [0.717, 1.165) is 12.8 Å². The standard InChI is InChI=1S/C22H25FN2O3S/c1-2-14-24-29(27,28)16-17-8-10-20(11-9-17)25-21(26)22(12-3-4-13-22)18-6-5-7-19(23)15-18/h2,5-11,15,24H,1,3-4,12-14,16H2,(H,25,26). The molecule has 154 valence electrons. The van der Waals surface area contributed by atoms with Gasteiger partial charge in [-0.2, -0.15) is 0 Å². The predicted molar refractivity (Wildman–Crippen MR) is 112 cm³/mol. The summed E-state index contributed by atoms with van der Waals surface area (Å²) in [6, 6.07) is 13.0. The number of halogens is 1. The van der Waals surface area contributed by atoms with Crippen molar-refractivity contribution in [1.82, 2.24) is 4.72 Å². The minimum atomic E-state index is -3.44. The Balaban J connectivity index is 1.73. The van der Waals surface area contributed by atoms with Crippen molar-refractivity contribution >= 4 is 21.6 Å². The summed E-state index contributed by atoms with van der Waals surface area (Å²) in [6.45, 7) is 3.67. The maximum Gasteiger partial charge on any atom is 0.235 e. The largest absolute Gasteiger partial charge is 0.325 e. The molecule has 1 saturated carbocycles. The number of sulfonamides is 1. The molecular weight excluding hydrogens is 391 g/mol. The summed E-state index contributed by atoms with van der Waals surface area (Å²) in [4.78, 5) is 13.1. The van der Waals surface area contributed by atoms with Crippen LogP contribution in [0.4, 0.5) is 10.1 Å². The smallest absolute Gasteiger partial charge is 0.235 e. The average Bonchev–Trinajstić information content (AvgIpc) is 3.19. The van der Waals surface area contributed by atoms with Gasteiger partial charge in [-0.25, -0.2) is 17.5 Å². The van der Waals surface area contributed by atoms with E-state index in [0.29, 0.717) is 29.7 Å². The number of hydrogen-bond acceptors (Lipinski definition) is 3. The first kappa shape index (κ1) is 21.2. The van der Waals surface area contributed by atoms with E-state index in [1.807, 2.05) is 0 Å². The van der Waals surface area contributed by atoms with Crippen LogP contribution in [0.3, 0.4) is 0 Å². The van der Waals surface area contributed by atoms with E-state index in [9.17, 15) is 17.6 Å². The minimum Gasteiger partial charge on any atom is -0.325 e. The molecule has 3 rings (SSSR count). The third kappa shape index (κ3) is 5.10. The molecule has 1 amide bonds. The molecule has 0 aromatic heterocycles. The van der Waals surface area contributed by atoms with Gasteiger partial charge in [0.2, 0.25) is 15.9 Å². The van der Waals surface area contributed by atoms with E-state index in [1.165, 1.54) is 18.2 Å². The number of nitrogens with one attached hydrogen (secondary N) is 2. The Kier molecular flexibility index (Phi) is 6.49. The van der Waals surface area contributed by atoms with Crippen LogP contribution < -0.4 is 10.0 Å². The monoisotopic (exact) mass is 416 g/mol. The highest BCUT2D eigenvalue weighted by atomic mass is 32.2. The van der Waals surface area contributed by atoms with Crippen LogP contribution in [0.2, 0.25) is 0 Å². The van der Waals surface area contributed by atoms with Gasteiger partial charge in [0.1, 0.15) is 5.82 Å². The summed E-state index contributed by atoms with van der Waals surface area (Å²) >= 11 is 0. The number of amides is 1. The van der Waals surface area contributed by atoms with Gasteiger partial charge in [0.25, 0.3) is 0 Å². The second-order valence-corrected chi connectivity index (χ2v) is 9.15. The molecule has 29 heavy (non-hydrogen) atoms. The molecule has 0 heterocycles. The number of carbonyl (C=O) groups excluding carboxylic acids is 1. The van der Waals surface area contributed by atoms with E-state index < -0.39 is 15.4 Å². The average molecular weight is 417 g/mol. The summed E-state index contributed by atoms with van der Waals surface area (Å²) in [7, 11) is -3.44. The molecule has 7 heteroatoms. The minimum absolute atomic E-state index is 0.150. The van der Waals surface area contributed by atoms with Crippen molar-refractivity contribution in [2.24, 2.45) is 0 Å². The van der Waals surface area contributed by atoms with Crippen LogP contribution >= 0.6 is 0 Å². The van der Waals surface area contributed by atoms with Crippen molar-refractivity contribution in [1.29, 1.82) is 0 Å². The lowest BCUT2D eigenvalue weighted by Gasteiger charge is -2.28. The van der Waals surface area contributed by atoms with Crippen molar-refractivity contribution in [3.05, 3.63) is 78.1 Å². The van der Waals surface area contributed by atoms with Crippen LogP contribution in [0, 0.1) is 5.82 Å². The maximum atomic E-state index is 13.7. The van der Waals surface area contributed by atoms with Crippen molar-refractivity contribution < 1.29 is 17.6 Å². The summed E-state index contributed by atoms with van der Waals surface area (Å²) < 4.78 is 40.1. The second kappa shape index (κ2) is 8.88. The van der Waals surface area contributed by atoms with Gasteiger partial charge in [-0.3, -0.25) is 4.79 Å². The van der Waals surface area contributed by atoms with Gasteiger partial charge >= 0.3 is 0 Å². The van der Waals surface area contributed by atoms with Crippen LogP contribution in [0.5, 0.6) is 0 Å². The van der Waals surface area contributed by atoms with E-state index in [4.69, 9.17) is 0 Å². The topological polar surface area (TPSA) is 75.3 Å². The Labute approximate surface area is 171 Å². The Morgan fingerprint density at radius 2 is 1.83 bits per heavy atom.